The molecular weight excluding hydrogens is 337 g/mol. The summed E-state index contributed by atoms with van der Waals surface area (Å²) in [4.78, 5) is 12.0. The SMILES string of the molecule is O=C(OCc1cc(-c2ccccc2)on1)c1ccc(Cl)cc1Cl. The lowest BCUT2D eigenvalue weighted by Crippen LogP contribution is -2.06. The Morgan fingerprint density at radius 1 is 1.09 bits per heavy atom. The molecule has 6 heteroatoms. The van der Waals surface area contributed by atoms with E-state index in [9.17, 15) is 4.79 Å². The van der Waals surface area contributed by atoms with Crippen LogP contribution in [0.2, 0.25) is 10.0 Å². The summed E-state index contributed by atoms with van der Waals surface area (Å²) in [6.07, 6.45) is 0. The second-order valence-electron chi connectivity index (χ2n) is 4.75. The quantitative estimate of drug-likeness (QED) is 0.622. The van der Waals surface area contributed by atoms with Crippen LogP contribution in [0.3, 0.4) is 0 Å². The molecule has 0 unspecified atom stereocenters. The zero-order valence-corrected chi connectivity index (χ0v) is 13.3. The first-order chi connectivity index (χ1) is 11.1. The highest BCUT2D eigenvalue weighted by molar-refractivity contribution is 6.36. The Hall–Kier alpha value is -2.30. The first-order valence-electron chi connectivity index (χ1n) is 6.76. The minimum absolute atomic E-state index is 0.00583. The molecule has 23 heavy (non-hydrogen) atoms. The van der Waals surface area contributed by atoms with Crippen molar-refractivity contribution in [1.29, 1.82) is 0 Å². The van der Waals surface area contributed by atoms with Gasteiger partial charge in [-0.3, -0.25) is 0 Å². The third-order valence-corrected chi connectivity index (χ3v) is 3.67. The van der Waals surface area contributed by atoms with Crippen molar-refractivity contribution in [2.24, 2.45) is 0 Å². The number of hydrogen-bond donors (Lipinski definition) is 0. The third-order valence-electron chi connectivity index (χ3n) is 3.12. The summed E-state index contributed by atoms with van der Waals surface area (Å²) >= 11 is 11.8. The molecule has 0 amide bonds. The van der Waals surface area contributed by atoms with Gasteiger partial charge in [-0.2, -0.15) is 0 Å². The first-order valence-corrected chi connectivity index (χ1v) is 7.52. The largest absolute Gasteiger partial charge is 0.455 e. The molecule has 0 spiro atoms. The molecule has 0 aliphatic carbocycles. The van der Waals surface area contributed by atoms with Crippen LogP contribution in [0.1, 0.15) is 16.1 Å². The molecule has 0 radical (unpaired) electrons. The van der Waals surface area contributed by atoms with Crippen LogP contribution >= 0.6 is 23.2 Å². The van der Waals surface area contributed by atoms with Gasteiger partial charge >= 0.3 is 5.97 Å². The molecular formula is C17H11Cl2NO3. The minimum atomic E-state index is -0.545. The van der Waals surface area contributed by atoms with Crippen molar-refractivity contribution in [3.8, 4) is 11.3 Å². The Morgan fingerprint density at radius 3 is 2.61 bits per heavy atom. The molecule has 0 fully saturated rings. The molecule has 4 nitrogen and oxygen atoms in total. The van der Waals surface area contributed by atoms with Crippen molar-refractivity contribution in [2.75, 3.05) is 0 Å². The van der Waals surface area contributed by atoms with E-state index < -0.39 is 5.97 Å². The number of carbonyl (C=O) groups excluding carboxylic acids is 1. The molecule has 0 aliphatic heterocycles. The summed E-state index contributed by atoms with van der Waals surface area (Å²) in [6, 6.07) is 15.8. The van der Waals surface area contributed by atoms with Crippen LogP contribution in [0, 0.1) is 0 Å². The van der Waals surface area contributed by atoms with Crippen LogP contribution in [0.15, 0.2) is 59.1 Å². The van der Waals surface area contributed by atoms with Gasteiger partial charge in [-0.05, 0) is 18.2 Å². The number of benzene rings is 2. The highest BCUT2D eigenvalue weighted by atomic mass is 35.5. The number of carbonyl (C=O) groups is 1. The Kier molecular flexibility index (Phi) is 4.65. The van der Waals surface area contributed by atoms with Gasteiger partial charge in [0.05, 0.1) is 10.6 Å². The van der Waals surface area contributed by atoms with Crippen LogP contribution in [-0.2, 0) is 11.3 Å². The van der Waals surface area contributed by atoms with Crippen molar-refractivity contribution >= 4 is 29.2 Å². The second kappa shape index (κ2) is 6.86. The number of ether oxygens (including phenoxy) is 1. The average Bonchev–Trinajstić information content (AvgIpc) is 3.02. The number of rotatable bonds is 4. The van der Waals surface area contributed by atoms with Gasteiger partial charge in [0, 0.05) is 16.7 Å². The summed E-state index contributed by atoms with van der Waals surface area (Å²) in [5.41, 5.74) is 1.67. The molecule has 0 atom stereocenters. The first kappa shape index (κ1) is 15.6. The molecule has 116 valence electrons. The van der Waals surface area contributed by atoms with E-state index in [1.165, 1.54) is 12.1 Å². The van der Waals surface area contributed by atoms with E-state index in [1.807, 2.05) is 30.3 Å². The molecule has 3 rings (SSSR count). The molecule has 3 aromatic rings. The number of esters is 1. The van der Waals surface area contributed by atoms with Crippen molar-refractivity contribution in [1.82, 2.24) is 5.16 Å². The number of nitrogens with zero attached hydrogens (tertiary/aromatic N) is 1. The maximum absolute atomic E-state index is 12.0. The second-order valence-corrected chi connectivity index (χ2v) is 5.59. The standard InChI is InChI=1S/C17H11Cl2NO3/c18-12-6-7-14(15(19)8-12)17(21)22-10-13-9-16(23-20-13)11-4-2-1-3-5-11/h1-9H,10H2. The van der Waals surface area contributed by atoms with E-state index >= 15 is 0 Å². The van der Waals surface area contributed by atoms with Gasteiger partial charge in [0.1, 0.15) is 12.3 Å². The van der Waals surface area contributed by atoms with E-state index in [1.54, 1.807) is 12.1 Å². The topological polar surface area (TPSA) is 52.3 Å². The maximum atomic E-state index is 12.0. The van der Waals surface area contributed by atoms with Gasteiger partial charge in [0.2, 0.25) is 0 Å². The van der Waals surface area contributed by atoms with Gasteiger partial charge in [-0.25, -0.2) is 4.79 Å². The summed E-state index contributed by atoms with van der Waals surface area (Å²) in [5, 5.41) is 4.59. The number of aromatic nitrogens is 1. The van der Waals surface area contributed by atoms with E-state index in [4.69, 9.17) is 32.5 Å². The van der Waals surface area contributed by atoms with Gasteiger partial charge in [-0.1, -0.05) is 58.7 Å². The van der Waals surface area contributed by atoms with Gasteiger partial charge in [0.25, 0.3) is 0 Å². The van der Waals surface area contributed by atoms with Crippen LogP contribution in [0.25, 0.3) is 11.3 Å². The van der Waals surface area contributed by atoms with Gasteiger partial charge in [-0.15, -0.1) is 0 Å². The molecule has 1 heterocycles. The van der Waals surface area contributed by atoms with Crippen molar-refractivity contribution in [2.45, 2.75) is 6.61 Å². The predicted octanol–water partition coefficient (Wildman–Crippen LogP) is 5.01. The highest BCUT2D eigenvalue weighted by Gasteiger charge is 2.14. The minimum Gasteiger partial charge on any atom is -0.455 e. The van der Waals surface area contributed by atoms with E-state index in [2.05, 4.69) is 5.16 Å². The normalized spacial score (nSPS) is 10.5. The molecule has 0 saturated carbocycles. The number of halogens is 2. The van der Waals surface area contributed by atoms with Crippen molar-refractivity contribution < 1.29 is 14.1 Å². The van der Waals surface area contributed by atoms with E-state index in [0.717, 1.165) is 5.56 Å². The molecule has 0 N–H and O–H groups in total. The molecule has 0 saturated heterocycles. The zero-order chi connectivity index (χ0) is 16.2. The number of hydrogen-bond acceptors (Lipinski definition) is 4. The Balaban J connectivity index is 1.67. The van der Waals surface area contributed by atoms with Crippen molar-refractivity contribution in [3.05, 3.63) is 75.9 Å². The van der Waals surface area contributed by atoms with Crippen LogP contribution < -0.4 is 0 Å². The lowest BCUT2D eigenvalue weighted by atomic mass is 10.2. The highest BCUT2D eigenvalue weighted by Crippen LogP contribution is 2.23. The smallest absolute Gasteiger partial charge is 0.340 e. The van der Waals surface area contributed by atoms with Gasteiger partial charge < -0.3 is 9.26 Å². The maximum Gasteiger partial charge on any atom is 0.340 e. The Morgan fingerprint density at radius 2 is 1.87 bits per heavy atom. The van der Waals surface area contributed by atoms with Crippen LogP contribution in [0.4, 0.5) is 0 Å². The fourth-order valence-corrected chi connectivity index (χ4v) is 2.48. The third kappa shape index (κ3) is 3.73. The van der Waals surface area contributed by atoms with E-state index in [0.29, 0.717) is 16.5 Å². The van der Waals surface area contributed by atoms with Crippen LogP contribution in [-0.4, -0.2) is 11.1 Å². The molecule has 0 bridgehead atoms. The summed E-state index contributed by atoms with van der Waals surface area (Å²) < 4.78 is 10.4. The molecule has 0 aliphatic rings. The van der Waals surface area contributed by atoms with Crippen LogP contribution in [0.5, 0.6) is 0 Å². The summed E-state index contributed by atoms with van der Waals surface area (Å²) in [5.74, 6) is 0.0668. The van der Waals surface area contributed by atoms with E-state index in [-0.39, 0.29) is 17.2 Å². The Labute approximate surface area is 142 Å². The molecule has 2 aromatic carbocycles. The summed E-state index contributed by atoms with van der Waals surface area (Å²) in [6.45, 7) is -0.00583. The van der Waals surface area contributed by atoms with Crippen molar-refractivity contribution in [3.63, 3.8) is 0 Å². The lowest BCUT2D eigenvalue weighted by Gasteiger charge is -2.04. The summed E-state index contributed by atoms with van der Waals surface area (Å²) in [7, 11) is 0. The fourth-order valence-electron chi connectivity index (χ4n) is 1.99. The molecule has 1 aromatic heterocycles. The lowest BCUT2D eigenvalue weighted by molar-refractivity contribution is 0.0464. The predicted molar refractivity (Wildman–Crippen MR) is 87.5 cm³/mol. The zero-order valence-electron chi connectivity index (χ0n) is 11.8. The monoisotopic (exact) mass is 347 g/mol. The van der Waals surface area contributed by atoms with Gasteiger partial charge in [0.15, 0.2) is 5.76 Å². The fraction of sp³-hybridized carbons (Fsp3) is 0.0588. The average molecular weight is 348 g/mol. The Bertz CT molecular complexity index is 831.